The third-order valence-electron chi connectivity index (χ3n) is 3.61. The highest BCUT2D eigenvalue weighted by Crippen LogP contribution is 2.28. The number of hydrogen-bond acceptors (Lipinski definition) is 10. The van der Waals surface area contributed by atoms with E-state index in [0.29, 0.717) is 0 Å². The van der Waals surface area contributed by atoms with Gasteiger partial charge in [0, 0.05) is 39.2 Å². The van der Waals surface area contributed by atoms with Crippen LogP contribution in [0.2, 0.25) is 0 Å². The zero-order valence-electron chi connectivity index (χ0n) is 16.5. The van der Waals surface area contributed by atoms with Crippen LogP contribution < -0.4 is 5.32 Å². The minimum atomic E-state index is -1.20. The first kappa shape index (κ1) is 24.1. The van der Waals surface area contributed by atoms with Crippen molar-refractivity contribution in [3.63, 3.8) is 0 Å². The second-order valence-electron chi connectivity index (χ2n) is 6.05. The van der Waals surface area contributed by atoms with Crippen molar-refractivity contribution in [2.24, 2.45) is 5.11 Å². The van der Waals surface area contributed by atoms with Crippen LogP contribution in [0, 0.1) is 0 Å². The van der Waals surface area contributed by atoms with Gasteiger partial charge in [0.2, 0.25) is 5.91 Å². The lowest BCUT2D eigenvalue weighted by Crippen LogP contribution is -2.66. The van der Waals surface area contributed by atoms with Gasteiger partial charge in [-0.1, -0.05) is 5.11 Å². The van der Waals surface area contributed by atoms with E-state index in [4.69, 9.17) is 29.2 Å². The van der Waals surface area contributed by atoms with Crippen molar-refractivity contribution < 1.29 is 42.9 Å². The van der Waals surface area contributed by atoms with Crippen molar-refractivity contribution in [3.8, 4) is 0 Å². The third kappa shape index (κ3) is 8.34. The van der Waals surface area contributed by atoms with E-state index in [1.165, 1.54) is 13.8 Å². The second-order valence-corrected chi connectivity index (χ2v) is 6.05. The Bertz CT molecular complexity index is 665. The van der Waals surface area contributed by atoms with Crippen LogP contribution in [0.3, 0.4) is 0 Å². The largest absolute Gasteiger partial charge is 0.463 e. The molecule has 0 aromatic rings. The molecule has 0 unspecified atom stereocenters. The lowest BCUT2D eigenvalue weighted by molar-refractivity contribution is -0.277. The molecule has 13 nitrogen and oxygen atoms in total. The van der Waals surface area contributed by atoms with E-state index in [9.17, 15) is 19.2 Å². The van der Waals surface area contributed by atoms with Gasteiger partial charge in [-0.3, -0.25) is 19.2 Å². The number of hydrogen-bond donors (Lipinski definition) is 1. The van der Waals surface area contributed by atoms with Crippen LogP contribution in [0.4, 0.5) is 0 Å². The molecule has 13 heteroatoms. The van der Waals surface area contributed by atoms with Gasteiger partial charge in [0.25, 0.3) is 0 Å². The van der Waals surface area contributed by atoms with Crippen LogP contribution >= 0.6 is 0 Å². The van der Waals surface area contributed by atoms with E-state index in [0.717, 1.165) is 13.8 Å². The van der Waals surface area contributed by atoms with Crippen LogP contribution in [0.1, 0.15) is 27.7 Å². The molecule has 0 radical (unpaired) electrons. The fourth-order valence-corrected chi connectivity index (χ4v) is 2.69. The number of ether oxygens (including phenoxy) is 5. The molecule has 0 aliphatic carbocycles. The topological polar surface area (TPSA) is 175 Å². The van der Waals surface area contributed by atoms with Gasteiger partial charge < -0.3 is 29.0 Å². The second kappa shape index (κ2) is 11.8. The molecular weight excluding hydrogens is 392 g/mol. The van der Waals surface area contributed by atoms with Crippen LogP contribution in [0.5, 0.6) is 0 Å². The maximum atomic E-state index is 11.7. The lowest BCUT2D eigenvalue weighted by Gasteiger charge is -2.44. The number of esters is 3. The van der Waals surface area contributed by atoms with Gasteiger partial charge in [0.05, 0.1) is 6.61 Å². The molecule has 0 saturated carbocycles. The molecule has 162 valence electrons. The monoisotopic (exact) mass is 416 g/mol. The van der Waals surface area contributed by atoms with E-state index in [1.807, 2.05) is 0 Å². The number of rotatable bonds is 9. The van der Waals surface area contributed by atoms with Gasteiger partial charge >= 0.3 is 17.9 Å². The Morgan fingerprint density at radius 3 is 2.17 bits per heavy atom. The summed E-state index contributed by atoms with van der Waals surface area (Å²) in [5.74, 6) is -2.50. The van der Waals surface area contributed by atoms with Crippen molar-refractivity contribution in [1.29, 1.82) is 0 Å². The first-order chi connectivity index (χ1) is 13.6. The highest BCUT2D eigenvalue weighted by molar-refractivity contribution is 5.73. The fourth-order valence-electron chi connectivity index (χ4n) is 2.69. The molecule has 0 spiro atoms. The molecule has 1 aliphatic heterocycles. The summed E-state index contributed by atoms with van der Waals surface area (Å²) in [6.45, 7) is 4.27. The quantitative estimate of drug-likeness (QED) is 0.135. The van der Waals surface area contributed by atoms with Gasteiger partial charge in [-0.25, -0.2) is 0 Å². The summed E-state index contributed by atoms with van der Waals surface area (Å²) in [7, 11) is 0. The van der Waals surface area contributed by atoms with E-state index < -0.39 is 54.5 Å². The standard InChI is InChI=1S/C16H24N4O9/c1-8(21)19-13-15(28-11(4)24)14(27-10(3)23)12(7-26-9(2)22)29-16(13)25-6-5-18-20-17/h12-16H,5-7H2,1-4H3,(H,19,21)/t12-,13-,14-,15-,16-/m1/s1. The Balaban J connectivity index is 3.22. The summed E-state index contributed by atoms with van der Waals surface area (Å²) in [4.78, 5) is 48.7. The molecule has 1 aliphatic rings. The average molecular weight is 416 g/mol. The summed E-state index contributed by atoms with van der Waals surface area (Å²) in [6.07, 6.45) is -4.62. The lowest BCUT2D eigenvalue weighted by atomic mass is 9.96. The summed E-state index contributed by atoms with van der Waals surface area (Å²) in [5.41, 5.74) is 8.36. The molecule has 29 heavy (non-hydrogen) atoms. The maximum Gasteiger partial charge on any atom is 0.303 e. The number of amides is 1. The maximum absolute atomic E-state index is 11.7. The van der Waals surface area contributed by atoms with Crippen molar-refractivity contribution >= 4 is 23.8 Å². The highest BCUT2D eigenvalue weighted by atomic mass is 16.7. The molecule has 0 aromatic heterocycles. The smallest absolute Gasteiger partial charge is 0.303 e. The summed E-state index contributed by atoms with van der Waals surface area (Å²) in [6, 6.07) is -1.06. The minimum absolute atomic E-state index is 0.0244. The van der Waals surface area contributed by atoms with Crippen molar-refractivity contribution in [3.05, 3.63) is 10.4 Å². The molecule has 0 aromatic carbocycles. The normalized spacial score (nSPS) is 25.9. The molecule has 5 atom stereocenters. The number of carbonyl (C=O) groups is 4. The van der Waals surface area contributed by atoms with Crippen LogP contribution in [-0.2, 0) is 42.9 Å². The zero-order valence-corrected chi connectivity index (χ0v) is 16.5. The van der Waals surface area contributed by atoms with Crippen LogP contribution in [0.15, 0.2) is 5.11 Å². The molecule has 0 bridgehead atoms. The molecule has 1 heterocycles. The Morgan fingerprint density at radius 1 is 1.03 bits per heavy atom. The first-order valence-electron chi connectivity index (χ1n) is 8.68. The van der Waals surface area contributed by atoms with Crippen molar-refractivity contribution in [1.82, 2.24) is 5.32 Å². The summed E-state index contributed by atoms with van der Waals surface area (Å²) >= 11 is 0. The number of nitrogens with one attached hydrogen (secondary N) is 1. The SMILES string of the molecule is CC(=O)N[C@H]1[C@H](OCCN=[N+]=[N-])O[C@H](COC(C)=O)[C@@H](OC(C)=O)[C@@H]1OC(C)=O. The van der Waals surface area contributed by atoms with E-state index in [2.05, 4.69) is 15.3 Å². The molecule has 1 N–H and O–H groups in total. The average Bonchev–Trinajstić information content (AvgIpc) is 2.60. The summed E-state index contributed by atoms with van der Waals surface area (Å²) in [5, 5.41) is 5.88. The summed E-state index contributed by atoms with van der Waals surface area (Å²) < 4.78 is 26.8. The Hall–Kier alpha value is -2.89. The number of azide groups is 1. The Labute approximate surface area is 166 Å². The molecule has 1 amide bonds. The minimum Gasteiger partial charge on any atom is -0.463 e. The number of nitrogens with zero attached hydrogens (tertiary/aromatic N) is 3. The predicted molar refractivity (Wildman–Crippen MR) is 94.0 cm³/mol. The van der Waals surface area contributed by atoms with Crippen molar-refractivity contribution in [2.75, 3.05) is 19.8 Å². The van der Waals surface area contributed by atoms with Gasteiger partial charge in [0.1, 0.15) is 18.8 Å². The van der Waals surface area contributed by atoms with E-state index in [1.54, 1.807) is 0 Å². The van der Waals surface area contributed by atoms with E-state index in [-0.39, 0.29) is 19.8 Å². The van der Waals surface area contributed by atoms with Crippen LogP contribution in [-0.4, -0.2) is 74.2 Å². The van der Waals surface area contributed by atoms with E-state index >= 15 is 0 Å². The van der Waals surface area contributed by atoms with Gasteiger partial charge in [0.15, 0.2) is 18.5 Å². The molecule has 1 rings (SSSR count). The third-order valence-corrected chi connectivity index (χ3v) is 3.61. The zero-order chi connectivity index (χ0) is 22.0. The molecular formula is C16H24N4O9. The Kier molecular flexibility index (Phi) is 9.86. The van der Waals surface area contributed by atoms with Gasteiger partial charge in [-0.2, -0.15) is 0 Å². The Morgan fingerprint density at radius 2 is 1.66 bits per heavy atom. The molecule has 1 saturated heterocycles. The van der Waals surface area contributed by atoms with Crippen LogP contribution in [0.25, 0.3) is 10.4 Å². The molecule has 1 fully saturated rings. The fraction of sp³-hybridized carbons (Fsp3) is 0.750. The highest BCUT2D eigenvalue weighted by Gasteiger charge is 2.51. The predicted octanol–water partition coefficient (Wildman–Crippen LogP) is -0.0306. The first-order valence-corrected chi connectivity index (χ1v) is 8.68. The number of carbonyl (C=O) groups excluding carboxylic acids is 4. The van der Waals surface area contributed by atoms with Gasteiger partial charge in [-0.05, 0) is 5.53 Å². The van der Waals surface area contributed by atoms with Crippen molar-refractivity contribution in [2.45, 2.75) is 58.3 Å². The van der Waals surface area contributed by atoms with Gasteiger partial charge in [-0.15, -0.1) is 0 Å².